The number of hydrogen-bond acceptors (Lipinski definition) is 5. The summed E-state index contributed by atoms with van der Waals surface area (Å²) in [6.45, 7) is 4.84. The van der Waals surface area contributed by atoms with E-state index in [9.17, 15) is 0 Å². The Kier molecular flexibility index (Phi) is 4.90. The van der Waals surface area contributed by atoms with Gasteiger partial charge in [0, 0.05) is 6.54 Å². The summed E-state index contributed by atoms with van der Waals surface area (Å²) in [6, 6.07) is 7.33. The molecule has 0 aliphatic carbocycles. The molecular formula is C15H19N3O2. The Hall–Kier alpha value is -2.14. The van der Waals surface area contributed by atoms with Crippen molar-refractivity contribution in [1.29, 1.82) is 0 Å². The van der Waals surface area contributed by atoms with Crippen molar-refractivity contribution in [3.63, 3.8) is 0 Å². The van der Waals surface area contributed by atoms with Gasteiger partial charge in [-0.25, -0.2) is 9.97 Å². The summed E-state index contributed by atoms with van der Waals surface area (Å²) in [5.74, 6) is 2.01. The van der Waals surface area contributed by atoms with Gasteiger partial charge in [-0.2, -0.15) is 0 Å². The monoisotopic (exact) mass is 273 g/mol. The van der Waals surface area contributed by atoms with Gasteiger partial charge < -0.3 is 15.2 Å². The van der Waals surface area contributed by atoms with Gasteiger partial charge in [0.05, 0.1) is 12.2 Å². The molecule has 0 atom stereocenters. The van der Waals surface area contributed by atoms with Gasteiger partial charge >= 0.3 is 0 Å². The third kappa shape index (κ3) is 3.24. The molecule has 2 aromatic rings. The zero-order chi connectivity index (χ0) is 14.4. The first-order valence-electron chi connectivity index (χ1n) is 6.73. The molecule has 5 nitrogen and oxygen atoms in total. The standard InChI is InChI=1S/C15H19N3O2/c1-3-13-14(16-4-2)17-10-18-15(13)20-12-7-5-6-11(8-12)9-19/h5-8,10,19H,3-4,9H2,1-2H3,(H,16,17,18). The number of hydrogen-bond donors (Lipinski definition) is 2. The van der Waals surface area contributed by atoms with E-state index >= 15 is 0 Å². The summed E-state index contributed by atoms with van der Waals surface area (Å²) in [5.41, 5.74) is 1.75. The zero-order valence-electron chi connectivity index (χ0n) is 11.8. The summed E-state index contributed by atoms with van der Waals surface area (Å²) in [5, 5.41) is 12.4. The van der Waals surface area contributed by atoms with Crippen LogP contribution in [-0.2, 0) is 13.0 Å². The Bertz CT molecular complexity index is 573. The van der Waals surface area contributed by atoms with Crippen molar-refractivity contribution in [2.75, 3.05) is 11.9 Å². The molecule has 5 heteroatoms. The molecule has 0 unspecified atom stereocenters. The van der Waals surface area contributed by atoms with Crippen LogP contribution in [0.3, 0.4) is 0 Å². The molecule has 0 aliphatic rings. The lowest BCUT2D eigenvalue weighted by Crippen LogP contribution is -2.05. The highest BCUT2D eigenvalue weighted by Crippen LogP contribution is 2.27. The molecule has 0 spiro atoms. The first kappa shape index (κ1) is 14.3. The van der Waals surface area contributed by atoms with Crippen LogP contribution in [-0.4, -0.2) is 21.6 Å². The van der Waals surface area contributed by atoms with Crippen LogP contribution < -0.4 is 10.1 Å². The number of ether oxygens (including phenoxy) is 1. The minimum absolute atomic E-state index is 0.00967. The summed E-state index contributed by atoms with van der Waals surface area (Å²) in [4.78, 5) is 8.44. The summed E-state index contributed by atoms with van der Waals surface area (Å²) >= 11 is 0. The Balaban J connectivity index is 2.30. The van der Waals surface area contributed by atoms with Gasteiger partial charge in [0.1, 0.15) is 17.9 Å². The SMILES string of the molecule is CCNc1ncnc(Oc2cccc(CO)c2)c1CC. The van der Waals surface area contributed by atoms with Crippen LogP contribution in [0.4, 0.5) is 5.82 Å². The number of nitrogens with zero attached hydrogens (tertiary/aromatic N) is 2. The molecule has 1 aromatic carbocycles. The molecule has 1 aromatic heterocycles. The largest absolute Gasteiger partial charge is 0.439 e. The molecule has 0 aliphatic heterocycles. The average molecular weight is 273 g/mol. The molecule has 0 amide bonds. The molecule has 1 heterocycles. The molecule has 0 fully saturated rings. The lowest BCUT2D eigenvalue weighted by atomic mass is 10.2. The van der Waals surface area contributed by atoms with Crippen LogP contribution in [0.5, 0.6) is 11.6 Å². The number of anilines is 1. The van der Waals surface area contributed by atoms with Crippen LogP contribution in [0.2, 0.25) is 0 Å². The number of rotatable bonds is 6. The van der Waals surface area contributed by atoms with Crippen molar-refractivity contribution in [2.24, 2.45) is 0 Å². The van der Waals surface area contributed by atoms with E-state index in [-0.39, 0.29) is 6.61 Å². The average Bonchev–Trinajstić information content (AvgIpc) is 2.48. The third-order valence-electron chi connectivity index (χ3n) is 2.90. The molecule has 0 saturated carbocycles. The highest BCUT2D eigenvalue weighted by molar-refractivity contribution is 5.49. The summed E-state index contributed by atoms with van der Waals surface area (Å²) < 4.78 is 5.83. The third-order valence-corrected chi connectivity index (χ3v) is 2.90. The van der Waals surface area contributed by atoms with Crippen LogP contribution in [0, 0.1) is 0 Å². The fourth-order valence-electron chi connectivity index (χ4n) is 1.94. The first-order valence-corrected chi connectivity index (χ1v) is 6.73. The maximum atomic E-state index is 9.15. The van der Waals surface area contributed by atoms with Crippen LogP contribution in [0.25, 0.3) is 0 Å². The lowest BCUT2D eigenvalue weighted by Gasteiger charge is -2.13. The fraction of sp³-hybridized carbons (Fsp3) is 0.333. The Morgan fingerprint density at radius 1 is 1.25 bits per heavy atom. The molecule has 2 N–H and O–H groups in total. The number of aliphatic hydroxyl groups excluding tert-OH is 1. The molecular weight excluding hydrogens is 254 g/mol. The van der Waals surface area contributed by atoms with Gasteiger partial charge in [-0.1, -0.05) is 19.1 Å². The fourth-order valence-corrected chi connectivity index (χ4v) is 1.94. The molecule has 0 radical (unpaired) electrons. The Morgan fingerprint density at radius 2 is 2.10 bits per heavy atom. The molecule has 0 bridgehead atoms. The maximum absolute atomic E-state index is 9.15. The van der Waals surface area contributed by atoms with Crippen molar-refractivity contribution in [1.82, 2.24) is 9.97 Å². The number of aliphatic hydroxyl groups is 1. The second-order valence-electron chi connectivity index (χ2n) is 4.30. The quantitative estimate of drug-likeness (QED) is 0.847. The van der Waals surface area contributed by atoms with Crippen LogP contribution >= 0.6 is 0 Å². The van der Waals surface area contributed by atoms with Gasteiger partial charge in [0.2, 0.25) is 5.88 Å². The van der Waals surface area contributed by atoms with Crippen LogP contribution in [0.1, 0.15) is 25.0 Å². The van der Waals surface area contributed by atoms with E-state index in [0.29, 0.717) is 11.6 Å². The van der Waals surface area contributed by atoms with Gasteiger partial charge in [0.15, 0.2) is 0 Å². The van der Waals surface area contributed by atoms with E-state index < -0.39 is 0 Å². The summed E-state index contributed by atoms with van der Waals surface area (Å²) in [6.07, 6.45) is 2.26. The highest BCUT2D eigenvalue weighted by atomic mass is 16.5. The van der Waals surface area contributed by atoms with E-state index in [1.54, 1.807) is 6.07 Å². The van der Waals surface area contributed by atoms with Crippen molar-refractivity contribution in [3.05, 3.63) is 41.7 Å². The van der Waals surface area contributed by atoms with Crippen molar-refractivity contribution >= 4 is 5.82 Å². The van der Waals surface area contributed by atoms with Gasteiger partial charge in [-0.05, 0) is 31.0 Å². The van der Waals surface area contributed by atoms with Crippen molar-refractivity contribution in [3.8, 4) is 11.6 Å². The van der Waals surface area contributed by atoms with Gasteiger partial charge in [-0.15, -0.1) is 0 Å². The Morgan fingerprint density at radius 3 is 2.80 bits per heavy atom. The van der Waals surface area contributed by atoms with Gasteiger partial charge in [0.25, 0.3) is 0 Å². The zero-order valence-corrected chi connectivity index (χ0v) is 11.8. The Labute approximate surface area is 118 Å². The second kappa shape index (κ2) is 6.86. The second-order valence-corrected chi connectivity index (χ2v) is 4.30. The van der Waals surface area contributed by atoms with Crippen LogP contribution in [0.15, 0.2) is 30.6 Å². The van der Waals surface area contributed by atoms with E-state index in [1.807, 2.05) is 32.0 Å². The number of nitrogens with one attached hydrogen (secondary N) is 1. The minimum atomic E-state index is -0.00967. The molecule has 20 heavy (non-hydrogen) atoms. The predicted molar refractivity (Wildman–Crippen MR) is 78.0 cm³/mol. The lowest BCUT2D eigenvalue weighted by molar-refractivity contribution is 0.281. The first-order chi connectivity index (χ1) is 9.78. The smallest absolute Gasteiger partial charge is 0.227 e. The normalized spacial score (nSPS) is 10.3. The van der Waals surface area contributed by atoms with E-state index in [0.717, 1.165) is 29.9 Å². The van der Waals surface area contributed by atoms with Crippen molar-refractivity contribution < 1.29 is 9.84 Å². The number of benzene rings is 1. The van der Waals surface area contributed by atoms with E-state index in [1.165, 1.54) is 6.33 Å². The molecule has 2 rings (SSSR count). The topological polar surface area (TPSA) is 67.3 Å². The maximum Gasteiger partial charge on any atom is 0.227 e. The molecule has 0 saturated heterocycles. The summed E-state index contributed by atoms with van der Waals surface area (Å²) in [7, 11) is 0. The highest BCUT2D eigenvalue weighted by Gasteiger charge is 2.11. The van der Waals surface area contributed by atoms with E-state index in [2.05, 4.69) is 15.3 Å². The van der Waals surface area contributed by atoms with Crippen molar-refractivity contribution in [2.45, 2.75) is 26.9 Å². The van der Waals surface area contributed by atoms with E-state index in [4.69, 9.17) is 9.84 Å². The molecule has 106 valence electrons. The minimum Gasteiger partial charge on any atom is -0.439 e. The predicted octanol–water partition coefficient (Wildman–Crippen LogP) is 2.76. The number of aromatic nitrogens is 2. The van der Waals surface area contributed by atoms with Gasteiger partial charge in [-0.3, -0.25) is 0 Å².